The molecule has 3 heteroatoms. The minimum Gasteiger partial charge on any atom is -0.372 e. The maximum Gasteiger partial charge on any atom is 0.0838 e. The fourth-order valence-electron chi connectivity index (χ4n) is 2.49. The zero-order valence-corrected chi connectivity index (χ0v) is 11.1. The first-order valence-electron chi connectivity index (χ1n) is 6.58. The van der Waals surface area contributed by atoms with E-state index < -0.39 is 0 Å². The van der Waals surface area contributed by atoms with Gasteiger partial charge in [-0.2, -0.15) is 0 Å². The number of aryl methyl sites for hydroxylation is 1. The molecule has 1 aliphatic heterocycles. The SMILES string of the molecule is CCN(CC)c1ccc(C2NCCN2)c(C)c1. The maximum absolute atomic E-state index is 3.47. The van der Waals surface area contributed by atoms with E-state index in [-0.39, 0.29) is 0 Å². The van der Waals surface area contributed by atoms with Gasteiger partial charge < -0.3 is 4.90 Å². The second-order valence-corrected chi connectivity index (χ2v) is 4.55. The second-order valence-electron chi connectivity index (χ2n) is 4.55. The van der Waals surface area contributed by atoms with Crippen LogP contribution in [-0.4, -0.2) is 26.2 Å². The highest BCUT2D eigenvalue weighted by Gasteiger charge is 2.17. The summed E-state index contributed by atoms with van der Waals surface area (Å²) in [6.45, 7) is 10.8. The third-order valence-electron chi connectivity index (χ3n) is 3.51. The molecule has 0 saturated carbocycles. The fourth-order valence-corrected chi connectivity index (χ4v) is 2.49. The molecule has 2 rings (SSSR count). The number of nitrogens with one attached hydrogen (secondary N) is 2. The Balaban J connectivity index is 2.21. The van der Waals surface area contributed by atoms with Gasteiger partial charge in [-0.1, -0.05) is 6.07 Å². The summed E-state index contributed by atoms with van der Waals surface area (Å²) in [5, 5.41) is 6.93. The number of anilines is 1. The van der Waals surface area contributed by atoms with E-state index >= 15 is 0 Å². The molecule has 0 aromatic heterocycles. The molecule has 1 heterocycles. The van der Waals surface area contributed by atoms with Crippen LogP contribution in [0.3, 0.4) is 0 Å². The number of hydrogen-bond acceptors (Lipinski definition) is 3. The van der Waals surface area contributed by atoms with Crippen LogP contribution in [0.25, 0.3) is 0 Å². The number of benzene rings is 1. The van der Waals surface area contributed by atoms with Crippen LogP contribution in [0, 0.1) is 6.92 Å². The Morgan fingerprint density at radius 1 is 1.18 bits per heavy atom. The van der Waals surface area contributed by atoms with Gasteiger partial charge in [-0.25, -0.2) is 0 Å². The first-order chi connectivity index (χ1) is 8.26. The summed E-state index contributed by atoms with van der Waals surface area (Å²) in [6, 6.07) is 6.78. The minimum atomic E-state index is 0.334. The molecular weight excluding hydrogens is 210 g/mol. The maximum atomic E-state index is 3.47. The highest BCUT2D eigenvalue weighted by atomic mass is 15.2. The topological polar surface area (TPSA) is 27.3 Å². The van der Waals surface area contributed by atoms with E-state index in [0.717, 1.165) is 26.2 Å². The van der Waals surface area contributed by atoms with Crippen LogP contribution >= 0.6 is 0 Å². The predicted octanol–water partition coefficient (Wildman–Crippen LogP) is 2.03. The van der Waals surface area contributed by atoms with Crippen LogP contribution in [0.1, 0.15) is 31.1 Å². The molecule has 0 aliphatic carbocycles. The van der Waals surface area contributed by atoms with E-state index in [9.17, 15) is 0 Å². The molecule has 1 aliphatic rings. The van der Waals surface area contributed by atoms with E-state index in [1.165, 1.54) is 16.8 Å². The normalized spacial score (nSPS) is 16.4. The summed E-state index contributed by atoms with van der Waals surface area (Å²) in [5.74, 6) is 0. The average molecular weight is 233 g/mol. The zero-order valence-electron chi connectivity index (χ0n) is 11.1. The molecule has 0 atom stereocenters. The van der Waals surface area contributed by atoms with Gasteiger partial charge in [0.25, 0.3) is 0 Å². The Kier molecular flexibility index (Phi) is 4.02. The van der Waals surface area contributed by atoms with Crippen LogP contribution in [0.5, 0.6) is 0 Å². The Hall–Kier alpha value is -1.06. The number of nitrogens with zero attached hydrogens (tertiary/aromatic N) is 1. The minimum absolute atomic E-state index is 0.334. The van der Waals surface area contributed by atoms with Gasteiger partial charge in [0.05, 0.1) is 6.17 Å². The van der Waals surface area contributed by atoms with Crippen molar-refractivity contribution in [1.29, 1.82) is 0 Å². The summed E-state index contributed by atoms with van der Waals surface area (Å²) in [6.07, 6.45) is 0.334. The Labute approximate surface area is 104 Å². The molecule has 0 radical (unpaired) electrons. The Morgan fingerprint density at radius 2 is 1.82 bits per heavy atom. The van der Waals surface area contributed by atoms with Gasteiger partial charge in [0, 0.05) is 31.9 Å². The summed E-state index contributed by atoms with van der Waals surface area (Å²) in [5.41, 5.74) is 4.06. The first kappa shape index (κ1) is 12.4. The average Bonchev–Trinajstić information content (AvgIpc) is 2.84. The van der Waals surface area contributed by atoms with Gasteiger partial charge >= 0.3 is 0 Å². The van der Waals surface area contributed by atoms with E-state index in [2.05, 4.69) is 54.5 Å². The van der Waals surface area contributed by atoms with E-state index in [1.54, 1.807) is 0 Å². The smallest absolute Gasteiger partial charge is 0.0838 e. The Bertz CT molecular complexity index is 366. The van der Waals surface area contributed by atoms with Gasteiger partial charge in [-0.3, -0.25) is 10.6 Å². The van der Waals surface area contributed by atoms with Crippen LogP contribution in [0.15, 0.2) is 18.2 Å². The lowest BCUT2D eigenvalue weighted by Crippen LogP contribution is -2.24. The fraction of sp³-hybridized carbons (Fsp3) is 0.571. The molecule has 2 N–H and O–H groups in total. The van der Waals surface area contributed by atoms with Crippen molar-refractivity contribution in [1.82, 2.24) is 10.6 Å². The van der Waals surface area contributed by atoms with Crippen molar-refractivity contribution in [3.63, 3.8) is 0 Å². The molecule has 0 spiro atoms. The molecule has 1 aromatic carbocycles. The summed E-state index contributed by atoms with van der Waals surface area (Å²) in [4.78, 5) is 2.38. The van der Waals surface area contributed by atoms with Crippen molar-refractivity contribution < 1.29 is 0 Å². The van der Waals surface area contributed by atoms with Crippen LogP contribution in [0.4, 0.5) is 5.69 Å². The lowest BCUT2D eigenvalue weighted by atomic mass is 10.0. The van der Waals surface area contributed by atoms with Gasteiger partial charge in [0.15, 0.2) is 0 Å². The van der Waals surface area contributed by atoms with Crippen molar-refractivity contribution in [2.45, 2.75) is 26.9 Å². The standard InChI is InChI=1S/C14H23N3/c1-4-17(5-2)12-6-7-13(11(3)10-12)14-15-8-9-16-14/h6-7,10,14-16H,4-5,8-9H2,1-3H3. The molecule has 1 aromatic rings. The third-order valence-corrected chi connectivity index (χ3v) is 3.51. The quantitative estimate of drug-likeness (QED) is 0.833. The van der Waals surface area contributed by atoms with Gasteiger partial charge in [-0.15, -0.1) is 0 Å². The first-order valence-corrected chi connectivity index (χ1v) is 6.58. The lowest BCUT2D eigenvalue weighted by Gasteiger charge is -2.23. The van der Waals surface area contributed by atoms with Crippen molar-refractivity contribution >= 4 is 5.69 Å². The molecule has 0 bridgehead atoms. The van der Waals surface area contributed by atoms with Gasteiger partial charge in [0.2, 0.25) is 0 Å². The number of hydrogen-bond donors (Lipinski definition) is 2. The van der Waals surface area contributed by atoms with E-state index in [0.29, 0.717) is 6.17 Å². The van der Waals surface area contributed by atoms with Crippen molar-refractivity contribution in [3.8, 4) is 0 Å². The molecule has 1 saturated heterocycles. The molecule has 17 heavy (non-hydrogen) atoms. The largest absolute Gasteiger partial charge is 0.372 e. The van der Waals surface area contributed by atoms with E-state index in [4.69, 9.17) is 0 Å². The number of rotatable bonds is 4. The Morgan fingerprint density at radius 3 is 2.35 bits per heavy atom. The lowest BCUT2D eigenvalue weighted by molar-refractivity contribution is 0.585. The highest BCUT2D eigenvalue weighted by Crippen LogP contribution is 2.23. The van der Waals surface area contributed by atoms with Crippen LogP contribution in [0.2, 0.25) is 0 Å². The van der Waals surface area contributed by atoms with Gasteiger partial charge in [0.1, 0.15) is 0 Å². The summed E-state index contributed by atoms with van der Waals surface area (Å²) < 4.78 is 0. The zero-order chi connectivity index (χ0) is 12.3. The molecule has 94 valence electrons. The molecule has 3 nitrogen and oxygen atoms in total. The summed E-state index contributed by atoms with van der Waals surface area (Å²) in [7, 11) is 0. The summed E-state index contributed by atoms with van der Waals surface area (Å²) >= 11 is 0. The van der Waals surface area contributed by atoms with E-state index in [1.807, 2.05) is 0 Å². The molecule has 0 unspecified atom stereocenters. The molecule has 1 fully saturated rings. The second kappa shape index (κ2) is 5.52. The highest BCUT2D eigenvalue weighted by molar-refractivity contribution is 5.51. The van der Waals surface area contributed by atoms with Crippen molar-refractivity contribution in [3.05, 3.63) is 29.3 Å². The third kappa shape index (κ3) is 2.61. The van der Waals surface area contributed by atoms with Gasteiger partial charge in [-0.05, 0) is 44.0 Å². The molecule has 0 amide bonds. The predicted molar refractivity (Wildman–Crippen MR) is 73.5 cm³/mol. The van der Waals surface area contributed by atoms with Crippen molar-refractivity contribution in [2.75, 3.05) is 31.1 Å². The van der Waals surface area contributed by atoms with Crippen LogP contribution in [-0.2, 0) is 0 Å². The van der Waals surface area contributed by atoms with Crippen molar-refractivity contribution in [2.24, 2.45) is 0 Å². The van der Waals surface area contributed by atoms with Crippen LogP contribution < -0.4 is 15.5 Å². The molecular formula is C14H23N3. The monoisotopic (exact) mass is 233 g/mol.